The molecule has 120 valence electrons. The Morgan fingerprint density at radius 3 is 2.05 bits per heavy atom. The third-order valence-electron chi connectivity index (χ3n) is 3.12. The molecule has 22 heavy (non-hydrogen) atoms. The van der Waals surface area contributed by atoms with Crippen molar-refractivity contribution in [2.24, 2.45) is 0 Å². The number of halogens is 7. The van der Waals surface area contributed by atoms with Crippen molar-refractivity contribution in [1.82, 2.24) is 0 Å². The van der Waals surface area contributed by atoms with Crippen LogP contribution in [0.1, 0.15) is 11.5 Å². The van der Waals surface area contributed by atoms with Crippen LogP contribution in [0.2, 0.25) is 0 Å². The Labute approximate surface area is 125 Å². The van der Waals surface area contributed by atoms with Crippen LogP contribution in [0.25, 0.3) is 0 Å². The highest BCUT2D eigenvalue weighted by Crippen LogP contribution is 2.50. The van der Waals surface area contributed by atoms with Crippen LogP contribution in [-0.4, -0.2) is 18.0 Å². The van der Waals surface area contributed by atoms with E-state index in [0.29, 0.717) is 4.90 Å². The van der Waals surface area contributed by atoms with Gasteiger partial charge < -0.3 is 17.3 Å². The Kier molecular flexibility index (Phi) is 4.65. The van der Waals surface area contributed by atoms with E-state index in [1.165, 1.54) is 0 Å². The van der Waals surface area contributed by atoms with Crippen molar-refractivity contribution >= 4 is 18.1 Å². The summed E-state index contributed by atoms with van der Waals surface area (Å²) in [5.74, 6) is -0.110. The van der Waals surface area contributed by atoms with Crippen molar-refractivity contribution in [3.05, 3.63) is 54.1 Å². The Balaban J connectivity index is 0.000000309. The standard InChI is InChI=1S/C13H10F3S.BF4/c14-13(15,16)17-11-7-3-1-5-9(11)10-6-2-4-8-12(10)17;2-1(3,4)5/h1-9,11H;/q+1;-1. The molecule has 1 aliphatic carbocycles. The van der Waals surface area contributed by atoms with Crippen LogP contribution in [-0.2, 0) is 10.9 Å². The van der Waals surface area contributed by atoms with E-state index in [2.05, 4.69) is 0 Å². The minimum absolute atomic E-state index is 0.110. The van der Waals surface area contributed by atoms with Gasteiger partial charge >= 0.3 is 12.8 Å². The molecule has 0 N–H and O–H groups in total. The van der Waals surface area contributed by atoms with Crippen molar-refractivity contribution in [3.63, 3.8) is 0 Å². The summed E-state index contributed by atoms with van der Waals surface area (Å²) >= 11 is 0. The molecule has 0 saturated heterocycles. The zero-order chi connectivity index (χ0) is 16.5. The molecule has 0 bridgehead atoms. The molecular formula is C13H10BF7S. The lowest BCUT2D eigenvalue weighted by Crippen LogP contribution is -2.32. The summed E-state index contributed by atoms with van der Waals surface area (Å²) in [6.07, 6.45) is 7.13. The van der Waals surface area contributed by atoms with Gasteiger partial charge in [-0.05, 0) is 12.1 Å². The zero-order valence-electron chi connectivity index (χ0n) is 10.9. The Bertz CT molecular complexity index is 585. The molecule has 0 nitrogen and oxygen atoms in total. The molecule has 1 aliphatic heterocycles. The lowest BCUT2D eigenvalue weighted by atomic mass is 9.93. The van der Waals surface area contributed by atoms with Crippen molar-refractivity contribution in [1.29, 1.82) is 0 Å². The first-order chi connectivity index (χ1) is 10.1. The van der Waals surface area contributed by atoms with Gasteiger partial charge in [-0.2, -0.15) is 0 Å². The fourth-order valence-electron chi connectivity index (χ4n) is 2.47. The second-order valence-corrected chi connectivity index (χ2v) is 6.70. The third kappa shape index (κ3) is 3.88. The van der Waals surface area contributed by atoms with Crippen molar-refractivity contribution in [2.45, 2.75) is 21.6 Å². The maximum absolute atomic E-state index is 13.2. The van der Waals surface area contributed by atoms with Gasteiger partial charge in [-0.25, -0.2) is 0 Å². The van der Waals surface area contributed by atoms with Gasteiger partial charge in [0.2, 0.25) is 0 Å². The Morgan fingerprint density at radius 1 is 0.909 bits per heavy atom. The maximum Gasteiger partial charge on any atom is 0.673 e. The van der Waals surface area contributed by atoms with Gasteiger partial charge in [-0.1, -0.05) is 36.4 Å². The van der Waals surface area contributed by atoms with Gasteiger partial charge in [0.25, 0.3) is 0 Å². The Morgan fingerprint density at radius 2 is 1.45 bits per heavy atom. The number of hydrogen-bond donors (Lipinski definition) is 0. The molecule has 0 amide bonds. The van der Waals surface area contributed by atoms with Crippen molar-refractivity contribution in [2.75, 3.05) is 0 Å². The molecule has 3 atom stereocenters. The van der Waals surface area contributed by atoms with E-state index in [1.807, 2.05) is 24.3 Å². The fraction of sp³-hybridized carbons (Fsp3) is 0.231. The molecule has 1 aromatic rings. The topological polar surface area (TPSA) is 0 Å². The molecule has 3 unspecified atom stereocenters. The van der Waals surface area contributed by atoms with Crippen LogP contribution in [0.4, 0.5) is 30.4 Å². The van der Waals surface area contributed by atoms with E-state index >= 15 is 0 Å². The third-order valence-corrected chi connectivity index (χ3v) is 5.46. The minimum Gasteiger partial charge on any atom is -0.418 e. The maximum atomic E-state index is 13.2. The number of rotatable bonds is 0. The highest BCUT2D eigenvalue weighted by molar-refractivity contribution is 7.98. The first-order valence-corrected chi connectivity index (χ1v) is 7.49. The van der Waals surface area contributed by atoms with Gasteiger partial charge in [0, 0.05) is 5.56 Å². The predicted octanol–water partition coefficient (Wildman–Crippen LogP) is 5.08. The van der Waals surface area contributed by atoms with Gasteiger partial charge in [0.15, 0.2) is 10.1 Å². The molecule has 1 heterocycles. The average molecular weight is 342 g/mol. The molecule has 2 aliphatic rings. The summed E-state index contributed by atoms with van der Waals surface area (Å²) in [6.45, 7) is 0. The van der Waals surface area contributed by atoms with Crippen LogP contribution >= 0.6 is 0 Å². The largest absolute Gasteiger partial charge is 0.673 e. The lowest BCUT2D eigenvalue weighted by molar-refractivity contribution is -0.0372. The van der Waals surface area contributed by atoms with Gasteiger partial charge in [-0.15, -0.1) is 13.2 Å². The average Bonchev–Trinajstić information content (AvgIpc) is 2.71. The molecule has 9 heteroatoms. The van der Waals surface area contributed by atoms with Crippen LogP contribution in [0.15, 0.2) is 53.5 Å². The molecular weight excluding hydrogens is 332 g/mol. The smallest absolute Gasteiger partial charge is 0.418 e. The molecule has 0 fully saturated rings. The highest BCUT2D eigenvalue weighted by atomic mass is 32.2. The minimum atomic E-state index is -6.00. The van der Waals surface area contributed by atoms with Crippen LogP contribution in [0.3, 0.4) is 0 Å². The van der Waals surface area contributed by atoms with Crippen molar-refractivity contribution < 1.29 is 30.4 Å². The first kappa shape index (κ1) is 17.0. The summed E-state index contributed by atoms with van der Waals surface area (Å²) in [4.78, 5) is 0.464. The summed E-state index contributed by atoms with van der Waals surface area (Å²) in [6, 6.07) is 6.93. The molecule has 0 aromatic heterocycles. The second kappa shape index (κ2) is 6.02. The first-order valence-electron chi connectivity index (χ1n) is 6.20. The second-order valence-electron chi connectivity index (χ2n) is 4.58. The monoisotopic (exact) mass is 342 g/mol. The fourth-order valence-corrected chi connectivity index (χ4v) is 4.79. The number of fused-ring (bicyclic) bond motifs is 3. The lowest BCUT2D eigenvalue weighted by Gasteiger charge is -2.15. The molecule has 3 rings (SSSR count). The molecule has 0 radical (unpaired) electrons. The van der Waals surface area contributed by atoms with E-state index in [9.17, 15) is 30.4 Å². The van der Waals surface area contributed by atoms with Gasteiger partial charge in [0.1, 0.15) is 10.9 Å². The van der Waals surface area contributed by atoms with E-state index in [0.717, 1.165) is 5.56 Å². The van der Waals surface area contributed by atoms with E-state index in [-0.39, 0.29) is 5.92 Å². The molecule has 0 spiro atoms. The van der Waals surface area contributed by atoms with Gasteiger partial charge in [0.05, 0.1) is 5.92 Å². The number of allylic oxidation sites excluding steroid dienone is 3. The summed E-state index contributed by atoms with van der Waals surface area (Å²) in [5, 5.41) is -0.447. The van der Waals surface area contributed by atoms with E-state index in [1.54, 1.807) is 24.3 Å². The predicted molar refractivity (Wildman–Crippen MR) is 73.1 cm³/mol. The van der Waals surface area contributed by atoms with Crippen LogP contribution < -0.4 is 0 Å². The summed E-state index contributed by atoms with van der Waals surface area (Å²) in [5.41, 5.74) is -3.32. The van der Waals surface area contributed by atoms with Crippen LogP contribution in [0, 0.1) is 0 Å². The van der Waals surface area contributed by atoms with Gasteiger partial charge in [-0.3, -0.25) is 0 Å². The SMILES string of the molecule is FC(F)(F)[S+]1c2ccccc2C2C=CC=CC21.F[B-](F)(F)F. The van der Waals surface area contributed by atoms with E-state index < -0.39 is 28.9 Å². The number of hydrogen-bond acceptors (Lipinski definition) is 0. The Hall–Kier alpha value is -1.38. The van der Waals surface area contributed by atoms with Crippen LogP contribution in [0.5, 0.6) is 0 Å². The molecule has 1 aromatic carbocycles. The highest BCUT2D eigenvalue weighted by Gasteiger charge is 2.63. The molecule has 0 saturated carbocycles. The number of benzene rings is 1. The quantitative estimate of drug-likeness (QED) is 0.351. The number of alkyl halides is 3. The summed E-state index contributed by atoms with van der Waals surface area (Å²) < 4.78 is 78.5. The zero-order valence-corrected chi connectivity index (χ0v) is 11.7. The van der Waals surface area contributed by atoms with E-state index in [4.69, 9.17) is 0 Å². The normalized spacial score (nSPS) is 26.0. The summed E-state index contributed by atoms with van der Waals surface area (Å²) in [7, 11) is -7.67. The van der Waals surface area contributed by atoms with Crippen molar-refractivity contribution in [3.8, 4) is 0 Å².